The van der Waals surface area contributed by atoms with Crippen LogP contribution in [0.2, 0.25) is 0 Å². The van der Waals surface area contributed by atoms with Crippen molar-refractivity contribution < 1.29 is 22.9 Å². The lowest BCUT2D eigenvalue weighted by molar-refractivity contribution is -0.387. The van der Waals surface area contributed by atoms with E-state index in [9.17, 15) is 28.1 Å². The van der Waals surface area contributed by atoms with E-state index in [-0.39, 0.29) is 26.8 Å². The average Bonchev–Trinajstić information content (AvgIpc) is 3.08. The van der Waals surface area contributed by atoms with Crippen LogP contribution in [0.15, 0.2) is 52.3 Å². The molecule has 0 bridgehead atoms. The van der Waals surface area contributed by atoms with Gasteiger partial charge in [0, 0.05) is 30.4 Å². The second-order valence-electron chi connectivity index (χ2n) is 7.49. The second-order valence-corrected chi connectivity index (χ2v) is 10.4. The van der Waals surface area contributed by atoms with Crippen LogP contribution in [-0.4, -0.2) is 48.3 Å². The maximum absolute atomic E-state index is 13.0. The fourth-order valence-electron chi connectivity index (χ4n) is 3.44. The first-order valence-corrected chi connectivity index (χ1v) is 12.7. The van der Waals surface area contributed by atoms with Crippen molar-refractivity contribution in [3.63, 3.8) is 0 Å². The Morgan fingerprint density at radius 2 is 1.79 bits per heavy atom. The summed E-state index contributed by atoms with van der Waals surface area (Å²) < 4.78 is 27.4. The van der Waals surface area contributed by atoms with Crippen molar-refractivity contribution in [2.75, 3.05) is 24.2 Å². The smallest absolute Gasteiger partial charge is 0.283 e. The molecule has 2 aromatic carbocycles. The molecular formula is C21H24N4O6S2. The Labute approximate surface area is 195 Å². The molecule has 1 fully saturated rings. The van der Waals surface area contributed by atoms with E-state index in [0.29, 0.717) is 18.8 Å². The van der Waals surface area contributed by atoms with Crippen LogP contribution in [0, 0.1) is 10.1 Å². The molecule has 12 heteroatoms. The molecule has 33 heavy (non-hydrogen) atoms. The van der Waals surface area contributed by atoms with Gasteiger partial charge in [-0.3, -0.25) is 19.7 Å². The molecule has 0 atom stereocenters. The summed E-state index contributed by atoms with van der Waals surface area (Å²) in [5, 5.41) is 13.9. The van der Waals surface area contributed by atoms with Crippen LogP contribution < -0.4 is 11.1 Å². The van der Waals surface area contributed by atoms with Gasteiger partial charge in [0.15, 0.2) is 0 Å². The molecule has 2 aromatic rings. The number of sulfonamides is 1. The number of rotatable bonds is 8. The minimum absolute atomic E-state index is 0.00191. The monoisotopic (exact) mass is 492 g/mol. The molecule has 1 saturated heterocycles. The van der Waals surface area contributed by atoms with Gasteiger partial charge < -0.3 is 11.1 Å². The van der Waals surface area contributed by atoms with E-state index in [0.717, 1.165) is 43.5 Å². The zero-order chi connectivity index (χ0) is 24.0. The fourth-order valence-corrected chi connectivity index (χ4v) is 5.81. The SMILES string of the molecule is NC(=O)c1ccc(SCC(=O)Nc2cccc(S(=O)(=O)N3CCCCCC3)c2)c([N+](=O)[O-])c1. The molecule has 3 N–H and O–H groups in total. The van der Waals surface area contributed by atoms with Gasteiger partial charge in [-0.15, -0.1) is 11.8 Å². The molecule has 2 amide bonds. The van der Waals surface area contributed by atoms with Gasteiger partial charge in [-0.2, -0.15) is 4.31 Å². The number of benzene rings is 2. The minimum Gasteiger partial charge on any atom is -0.366 e. The van der Waals surface area contributed by atoms with E-state index >= 15 is 0 Å². The molecule has 1 aliphatic heterocycles. The molecule has 0 radical (unpaired) electrons. The quantitative estimate of drug-likeness (QED) is 0.326. The van der Waals surface area contributed by atoms with E-state index in [1.807, 2.05) is 0 Å². The maximum atomic E-state index is 13.0. The number of carbonyl (C=O) groups excluding carboxylic acids is 2. The summed E-state index contributed by atoms with van der Waals surface area (Å²) in [5.41, 5.74) is 5.15. The first-order chi connectivity index (χ1) is 15.7. The van der Waals surface area contributed by atoms with Crippen LogP contribution in [0.1, 0.15) is 36.0 Å². The Hall–Kier alpha value is -2.96. The lowest BCUT2D eigenvalue weighted by Gasteiger charge is -2.20. The maximum Gasteiger partial charge on any atom is 0.283 e. The number of thioether (sulfide) groups is 1. The Morgan fingerprint density at radius 3 is 2.42 bits per heavy atom. The van der Waals surface area contributed by atoms with Gasteiger partial charge in [0.25, 0.3) is 5.69 Å². The zero-order valence-electron chi connectivity index (χ0n) is 17.7. The molecule has 3 rings (SSSR count). The second kappa shape index (κ2) is 10.8. The average molecular weight is 493 g/mol. The number of anilines is 1. The number of nitro benzene ring substituents is 1. The van der Waals surface area contributed by atoms with E-state index in [2.05, 4.69) is 5.32 Å². The number of primary amides is 1. The molecule has 0 unspecified atom stereocenters. The lowest BCUT2D eigenvalue weighted by atomic mass is 10.2. The van der Waals surface area contributed by atoms with Crippen molar-refractivity contribution in [1.82, 2.24) is 4.31 Å². The van der Waals surface area contributed by atoms with Gasteiger partial charge in [-0.1, -0.05) is 18.9 Å². The Kier molecular flexibility index (Phi) is 8.06. The van der Waals surface area contributed by atoms with Crippen molar-refractivity contribution in [1.29, 1.82) is 0 Å². The van der Waals surface area contributed by atoms with Gasteiger partial charge >= 0.3 is 0 Å². The van der Waals surface area contributed by atoms with E-state index in [1.54, 1.807) is 12.1 Å². The molecule has 1 heterocycles. The van der Waals surface area contributed by atoms with Gasteiger partial charge in [0.2, 0.25) is 21.8 Å². The Morgan fingerprint density at radius 1 is 1.09 bits per heavy atom. The summed E-state index contributed by atoms with van der Waals surface area (Å²) in [5.74, 6) is -1.40. The molecule has 176 valence electrons. The van der Waals surface area contributed by atoms with Crippen molar-refractivity contribution >= 4 is 45.0 Å². The predicted octanol–water partition coefficient (Wildman–Crippen LogP) is 2.99. The summed E-state index contributed by atoms with van der Waals surface area (Å²) in [6.45, 7) is 0.950. The minimum atomic E-state index is -3.66. The first kappa shape index (κ1) is 24.7. The Bertz CT molecular complexity index is 1160. The van der Waals surface area contributed by atoms with E-state index in [4.69, 9.17) is 5.73 Å². The third-order valence-electron chi connectivity index (χ3n) is 5.12. The van der Waals surface area contributed by atoms with Gasteiger partial charge in [-0.25, -0.2) is 8.42 Å². The molecule has 0 spiro atoms. The lowest BCUT2D eigenvalue weighted by Crippen LogP contribution is -2.32. The highest BCUT2D eigenvalue weighted by molar-refractivity contribution is 8.00. The fraction of sp³-hybridized carbons (Fsp3) is 0.333. The van der Waals surface area contributed by atoms with Crippen molar-refractivity contribution in [3.05, 3.63) is 58.1 Å². The van der Waals surface area contributed by atoms with Crippen molar-refractivity contribution in [3.8, 4) is 0 Å². The molecule has 10 nitrogen and oxygen atoms in total. The van der Waals surface area contributed by atoms with Crippen LogP contribution in [0.5, 0.6) is 0 Å². The summed E-state index contributed by atoms with van der Waals surface area (Å²) in [6.07, 6.45) is 3.64. The van der Waals surface area contributed by atoms with E-state index < -0.39 is 26.8 Å². The highest BCUT2D eigenvalue weighted by Crippen LogP contribution is 2.30. The zero-order valence-corrected chi connectivity index (χ0v) is 19.4. The van der Waals surface area contributed by atoms with Crippen LogP contribution in [0.25, 0.3) is 0 Å². The van der Waals surface area contributed by atoms with E-state index in [1.165, 1.54) is 28.6 Å². The molecule has 1 aliphatic rings. The highest BCUT2D eigenvalue weighted by atomic mass is 32.2. The third-order valence-corrected chi connectivity index (χ3v) is 8.08. The molecule has 0 aliphatic carbocycles. The number of nitrogens with zero attached hydrogens (tertiary/aromatic N) is 2. The number of nitro groups is 1. The van der Waals surface area contributed by atoms with Crippen LogP contribution in [-0.2, 0) is 14.8 Å². The molecule has 0 saturated carbocycles. The summed E-state index contributed by atoms with van der Waals surface area (Å²) in [7, 11) is -3.66. The number of nitrogens with one attached hydrogen (secondary N) is 1. The van der Waals surface area contributed by atoms with Gasteiger partial charge in [0.05, 0.1) is 20.5 Å². The normalized spacial score (nSPS) is 14.9. The number of hydrogen-bond acceptors (Lipinski definition) is 7. The van der Waals surface area contributed by atoms with Crippen molar-refractivity contribution in [2.45, 2.75) is 35.5 Å². The number of amides is 2. The number of hydrogen-bond donors (Lipinski definition) is 2. The van der Waals surface area contributed by atoms with Crippen LogP contribution >= 0.6 is 11.8 Å². The van der Waals surface area contributed by atoms with Crippen LogP contribution in [0.3, 0.4) is 0 Å². The predicted molar refractivity (Wildman–Crippen MR) is 125 cm³/mol. The van der Waals surface area contributed by atoms with Crippen molar-refractivity contribution in [2.24, 2.45) is 5.73 Å². The van der Waals surface area contributed by atoms with Gasteiger partial charge in [0.1, 0.15) is 0 Å². The third kappa shape index (κ3) is 6.30. The Balaban J connectivity index is 1.68. The highest BCUT2D eigenvalue weighted by Gasteiger charge is 2.25. The number of carbonyl (C=O) groups is 2. The molecular weight excluding hydrogens is 468 g/mol. The first-order valence-electron chi connectivity index (χ1n) is 10.3. The standard InChI is InChI=1S/C21H24N4O6S2/c22-21(27)15-8-9-19(18(12-15)25(28)29)32-14-20(26)23-16-6-5-7-17(13-16)33(30,31)24-10-3-1-2-4-11-24/h5-9,12-13H,1-4,10-11,14H2,(H2,22,27)(H,23,26). The van der Waals surface area contributed by atoms with Crippen LogP contribution in [0.4, 0.5) is 11.4 Å². The summed E-state index contributed by atoms with van der Waals surface area (Å²) in [4.78, 5) is 34.6. The molecule has 0 aromatic heterocycles. The summed E-state index contributed by atoms with van der Waals surface area (Å²) in [6, 6.07) is 9.83. The summed E-state index contributed by atoms with van der Waals surface area (Å²) >= 11 is 0.926. The topological polar surface area (TPSA) is 153 Å². The van der Waals surface area contributed by atoms with Gasteiger partial charge in [-0.05, 0) is 43.2 Å². The number of nitrogens with two attached hydrogens (primary N) is 1. The largest absolute Gasteiger partial charge is 0.366 e.